The van der Waals surface area contributed by atoms with Crippen LogP contribution in [0.4, 0.5) is 0 Å². The fourth-order valence-corrected chi connectivity index (χ4v) is 5.24. The third-order valence-corrected chi connectivity index (χ3v) is 6.69. The molecule has 0 saturated heterocycles. The largest absolute Gasteiger partial charge is 0.508 e. The topological polar surface area (TPSA) is 76.0 Å². The van der Waals surface area contributed by atoms with Gasteiger partial charge in [0, 0.05) is 17.5 Å². The fraction of sp³-hybridized carbons (Fsp3) is 0.296. The minimum absolute atomic E-state index is 0.126. The van der Waals surface area contributed by atoms with Crippen molar-refractivity contribution in [2.45, 2.75) is 45.6 Å². The van der Waals surface area contributed by atoms with Gasteiger partial charge in [-0.2, -0.15) is 0 Å². The summed E-state index contributed by atoms with van der Waals surface area (Å²) < 4.78 is 12.1. The fourth-order valence-electron chi connectivity index (χ4n) is 3.79. The highest BCUT2D eigenvalue weighted by atomic mass is 79.9. The van der Waals surface area contributed by atoms with Crippen molar-refractivity contribution in [2.24, 2.45) is 0 Å². The number of hydrogen-bond donors (Lipinski definition) is 2. The van der Waals surface area contributed by atoms with Crippen LogP contribution in [0, 0.1) is 0 Å². The van der Waals surface area contributed by atoms with Crippen LogP contribution in [0.5, 0.6) is 17.2 Å². The van der Waals surface area contributed by atoms with Gasteiger partial charge in [0.15, 0.2) is 11.9 Å². The second kappa shape index (κ2) is 11.4. The zero-order valence-electron chi connectivity index (χ0n) is 19.6. The highest BCUT2D eigenvalue weighted by molar-refractivity contribution is 9.11. The van der Waals surface area contributed by atoms with E-state index in [1.165, 1.54) is 18.2 Å². The molecule has 1 atom stereocenters. The molecule has 0 aliphatic heterocycles. The number of carbonyl (C=O) groups excluding carboxylic acids is 1. The number of ether oxygens (including phenoxy) is 2. The first-order valence-electron chi connectivity index (χ1n) is 11.0. The number of carbonyl (C=O) groups is 1. The molecule has 0 radical (unpaired) electrons. The third-order valence-electron chi connectivity index (χ3n) is 5.51. The van der Waals surface area contributed by atoms with Gasteiger partial charge in [0.05, 0.1) is 16.1 Å². The summed E-state index contributed by atoms with van der Waals surface area (Å²) in [5, 5.41) is 20.1. The van der Waals surface area contributed by atoms with Crippen LogP contribution in [-0.4, -0.2) is 29.4 Å². The van der Waals surface area contributed by atoms with Crippen molar-refractivity contribution in [3.8, 4) is 28.4 Å². The number of benzene rings is 3. The average Bonchev–Trinajstić information content (AvgIpc) is 3.40. The molecule has 2 N–H and O–H groups in total. The number of hydrogen-bond acceptors (Lipinski definition) is 5. The van der Waals surface area contributed by atoms with Gasteiger partial charge in [-0.05, 0) is 91.2 Å². The second-order valence-electron chi connectivity index (χ2n) is 8.30. The molecule has 4 rings (SSSR count). The summed E-state index contributed by atoms with van der Waals surface area (Å²) in [6.45, 7) is 6.09. The molecular weight excluding hydrogens is 564 g/mol. The lowest BCUT2D eigenvalue weighted by molar-refractivity contribution is -0.150. The van der Waals surface area contributed by atoms with E-state index in [1.54, 1.807) is 24.3 Å². The molecule has 2 aliphatic carbocycles. The minimum atomic E-state index is -1.23. The number of phenolic OH excluding ortho intramolecular Hbond substituents is 1. The van der Waals surface area contributed by atoms with Crippen molar-refractivity contribution in [1.29, 1.82) is 0 Å². The first-order valence-corrected chi connectivity index (χ1v) is 12.6. The predicted octanol–water partition coefficient (Wildman–Crippen LogP) is 7.14. The van der Waals surface area contributed by atoms with Gasteiger partial charge in [-0.15, -0.1) is 0 Å². The smallest absolute Gasteiger partial charge is 0.335 e. The number of methoxy groups -OCH3 is 1. The Bertz CT molecular complexity index is 1150. The predicted molar refractivity (Wildman–Crippen MR) is 141 cm³/mol. The van der Waals surface area contributed by atoms with Gasteiger partial charge in [-0.1, -0.05) is 39.0 Å². The summed E-state index contributed by atoms with van der Waals surface area (Å²) in [5.41, 5.74) is 5.43. The maximum atomic E-state index is 11.4. The van der Waals surface area contributed by atoms with Crippen LogP contribution < -0.4 is 4.74 Å². The molecule has 2 aromatic rings. The van der Waals surface area contributed by atoms with Gasteiger partial charge >= 0.3 is 5.97 Å². The molecule has 0 saturated carbocycles. The molecule has 5 nitrogen and oxygen atoms in total. The van der Waals surface area contributed by atoms with E-state index in [0.717, 1.165) is 23.1 Å². The molecule has 0 bridgehead atoms. The Balaban J connectivity index is 0.000000457. The number of phenols is 1. The lowest BCUT2D eigenvalue weighted by Gasteiger charge is -2.19. The zero-order valence-corrected chi connectivity index (χ0v) is 22.7. The van der Waals surface area contributed by atoms with E-state index in [0.29, 0.717) is 20.4 Å². The number of aliphatic hydroxyl groups excluding tert-OH is 1. The molecule has 0 amide bonds. The number of esters is 1. The standard InChI is InChI=1S/C21H24Br2O5.C6H4/c1-5-13-18(7-6-16(24)19(13)11(2)3)28-20-14(22)8-12(9-15(20)23)10-17(25)21(26)27-4;1-2-5-4-6(5)3-1/h6-9,11,17,24-25H,5,10H2,1-4H3;1-4H. The molecule has 180 valence electrons. The Kier molecular flexibility index (Phi) is 8.79. The Morgan fingerprint density at radius 3 is 2.09 bits per heavy atom. The highest BCUT2D eigenvalue weighted by Crippen LogP contribution is 2.42. The summed E-state index contributed by atoms with van der Waals surface area (Å²) in [4.78, 5) is 11.4. The van der Waals surface area contributed by atoms with E-state index in [1.807, 2.05) is 20.8 Å². The van der Waals surface area contributed by atoms with Crippen LogP contribution in [0.2, 0.25) is 0 Å². The van der Waals surface area contributed by atoms with E-state index in [4.69, 9.17) is 4.74 Å². The Hall–Kier alpha value is -2.35. The van der Waals surface area contributed by atoms with Crippen LogP contribution in [0.15, 0.2) is 57.5 Å². The molecule has 0 heterocycles. The third kappa shape index (κ3) is 6.20. The SMILES string of the molecule is CCc1c(Oc2c(Br)cc(CC(O)C(=O)OC)cc2Br)ccc(O)c1C(C)C.c1cc2cc-2c1. The van der Waals surface area contributed by atoms with Crippen molar-refractivity contribution in [3.05, 3.63) is 74.2 Å². The van der Waals surface area contributed by atoms with Crippen molar-refractivity contribution in [3.63, 3.8) is 0 Å². The normalized spacial score (nSPS) is 12.0. The summed E-state index contributed by atoms with van der Waals surface area (Å²) >= 11 is 7.01. The van der Waals surface area contributed by atoms with Gasteiger partial charge in [-0.3, -0.25) is 0 Å². The Morgan fingerprint density at radius 2 is 1.65 bits per heavy atom. The second-order valence-corrected chi connectivity index (χ2v) is 10.0. The lowest BCUT2D eigenvalue weighted by atomic mass is 9.94. The maximum Gasteiger partial charge on any atom is 0.335 e. The molecule has 2 aromatic carbocycles. The number of halogens is 2. The van der Waals surface area contributed by atoms with Crippen LogP contribution in [0.25, 0.3) is 11.1 Å². The van der Waals surface area contributed by atoms with Crippen molar-refractivity contribution >= 4 is 37.8 Å². The van der Waals surface area contributed by atoms with Crippen molar-refractivity contribution in [1.82, 2.24) is 0 Å². The van der Waals surface area contributed by atoms with Crippen molar-refractivity contribution in [2.75, 3.05) is 7.11 Å². The van der Waals surface area contributed by atoms with Crippen LogP contribution in [0.1, 0.15) is 43.4 Å². The van der Waals surface area contributed by atoms with E-state index in [-0.39, 0.29) is 18.1 Å². The Morgan fingerprint density at radius 1 is 1.03 bits per heavy atom. The number of fused-ring (bicyclic) bond motifs is 1. The molecule has 2 aliphatic rings. The minimum Gasteiger partial charge on any atom is -0.508 e. The van der Waals surface area contributed by atoms with Gasteiger partial charge in [0.25, 0.3) is 0 Å². The molecule has 0 spiro atoms. The monoisotopic (exact) mass is 590 g/mol. The molecule has 34 heavy (non-hydrogen) atoms. The summed E-state index contributed by atoms with van der Waals surface area (Å²) in [5.74, 6) is 1.00. The molecule has 0 aromatic heterocycles. The summed E-state index contributed by atoms with van der Waals surface area (Å²) in [6, 6.07) is 15.5. The molecule has 0 fully saturated rings. The average molecular weight is 592 g/mol. The maximum absolute atomic E-state index is 11.4. The van der Waals surface area contributed by atoms with E-state index in [2.05, 4.69) is 60.9 Å². The van der Waals surface area contributed by atoms with E-state index in [9.17, 15) is 15.0 Å². The molecule has 7 heteroatoms. The van der Waals surface area contributed by atoms with Crippen molar-refractivity contribution < 1.29 is 24.5 Å². The number of rotatable bonds is 7. The first kappa shape index (κ1) is 26.3. The number of aromatic hydroxyl groups is 1. The lowest BCUT2D eigenvalue weighted by Crippen LogP contribution is -2.24. The van der Waals surface area contributed by atoms with Gasteiger partial charge < -0.3 is 19.7 Å². The van der Waals surface area contributed by atoms with E-state index >= 15 is 0 Å². The molecule has 1 unspecified atom stereocenters. The van der Waals surface area contributed by atoms with Gasteiger partial charge in [-0.25, -0.2) is 4.79 Å². The van der Waals surface area contributed by atoms with Gasteiger partial charge in [0.2, 0.25) is 0 Å². The summed E-state index contributed by atoms with van der Waals surface area (Å²) in [6.07, 6.45) is -0.385. The van der Waals surface area contributed by atoms with Gasteiger partial charge in [0.1, 0.15) is 11.5 Å². The van der Waals surface area contributed by atoms with Crippen LogP contribution in [-0.2, 0) is 22.4 Å². The van der Waals surface area contributed by atoms with Crippen LogP contribution in [0.3, 0.4) is 0 Å². The highest BCUT2D eigenvalue weighted by Gasteiger charge is 2.20. The summed E-state index contributed by atoms with van der Waals surface area (Å²) in [7, 11) is 1.24. The Labute approximate surface area is 217 Å². The number of aliphatic hydroxyl groups is 1. The van der Waals surface area contributed by atoms with E-state index < -0.39 is 12.1 Å². The van der Waals surface area contributed by atoms with Crippen LogP contribution >= 0.6 is 31.9 Å². The quantitative estimate of drug-likeness (QED) is 0.223. The molecular formula is C27H28Br2O5. The first-order chi connectivity index (χ1) is 16.2. The zero-order chi connectivity index (χ0) is 25.0.